The average Bonchev–Trinajstić information content (AvgIpc) is 3.29. The Labute approximate surface area is 116 Å². The Morgan fingerprint density at radius 3 is 2.45 bits per heavy atom. The summed E-state index contributed by atoms with van der Waals surface area (Å²) in [5.74, 6) is -1.07. The van der Waals surface area contributed by atoms with Crippen molar-refractivity contribution in [2.45, 2.75) is 13.0 Å². The molecule has 1 unspecified atom stereocenters. The Kier molecular flexibility index (Phi) is 6.42. The van der Waals surface area contributed by atoms with Crippen molar-refractivity contribution in [3.05, 3.63) is 48.0 Å². The highest BCUT2D eigenvalue weighted by molar-refractivity contribution is 5.88. The highest BCUT2D eigenvalue weighted by Gasteiger charge is 2.24. The molecule has 1 fully saturated rings. The zero-order chi connectivity index (χ0) is 15.0. The van der Waals surface area contributed by atoms with Crippen LogP contribution >= 0.6 is 0 Å². The van der Waals surface area contributed by atoms with Crippen molar-refractivity contribution >= 4 is 11.9 Å². The molecule has 1 aromatic rings. The van der Waals surface area contributed by atoms with Crippen LogP contribution in [0.2, 0.25) is 0 Å². The molecule has 1 aliphatic heterocycles. The highest BCUT2D eigenvalue weighted by Crippen LogP contribution is 2.09. The van der Waals surface area contributed by atoms with Gasteiger partial charge in [-0.15, -0.1) is 0 Å². The number of hydrogen-bond acceptors (Lipinski definition) is 6. The Morgan fingerprint density at radius 1 is 1.40 bits per heavy atom. The second-order valence-electron chi connectivity index (χ2n) is 4.08. The fourth-order valence-corrected chi connectivity index (χ4v) is 1.08. The molecule has 1 atom stereocenters. The van der Waals surface area contributed by atoms with E-state index in [1.807, 2.05) is 0 Å². The van der Waals surface area contributed by atoms with E-state index in [1.165, 1.54) is 0 Å². The van der Waals surface area contributed by atoms with Crippen molar-refractivity contribution in [1.29, 1.82) is 0 Å². The van der Waals surface area contributed by atoms with Gasteiger partial charge in [-0.1, -0.05) is 24.8 Å². The second-order valence-corrected chi connectivity index (χ2v) is 4.08. The topological polar surface area (TPSA) is 85.4 Å². The van der Waals surface area contributed by atoms with Crippen LogP contribution in [0.5, 0.6) is 0 Å². The summed E-state index contributed by atoms with van der Waals surface area (Å²) in [6.45, 7) is 6.14. The number of rotatable bonds is 4. The van der Waals surface area contributed by atoms with Crippen molar-refractivity contribution < 1.29 is 29.2 Å². The smallest absolute Gasteiger partial charge is 0.372 e. The molecule has 1 aromatic carbocycles. The minimum Gasteiger partial charge on any atom is -0.459 e. The lowest BCUT2D eigenvalue weighted by atomic mass is 10.2. The van der Waals surface area contributed by atoms with Crippen LogP contribution in [-0.2, 0) is 19.2 Å². The van der Waals surface area contributed by atoms with Crippen molar-refractivity contribution in [1.82, 2.24) is 0 Å². The van der Waals surface area contributed by atoms with Gasteiger partial charge in [0.15, 0.2) is 0 Å². The van der Waals surface area contributed by atoms with Gasteiger partial charge in [0.2, 0.25) is 0 Å². The normalized spacial score (nSPS) is 15.4. The van der Waals surface area contributed by atoms with Gasteiger partial charge >= 0.3 is 11.9 Å². The average molecular weight is 280 g/mol. The Hall–Kier alpha value is -2.18. The molecule has 2 rings (SSSR count). The van der Waals surface area contributed by atoms with Crippen LogP contribution in [0.3, 0.4) is 0 Å². The van der Waals surface area contributed by atoms with E-state index in [0.717, 1.165) is 0 Å². The van der Waals surface area contributed by atoms with Gasteiger partial charge in [0.25, 0.3) is 0 Å². The fraction of sp³-hybridized carbons (Fsp3) is 0.286. The summed E-state index contributed by atoms with van der Waals surface area (Å²) in [4.78, 5) is 24.7. The zero-order valence-electron chi connectivity index (χ0n) is 11.1. The monoisotopic (exact) mass is 280 g/mol. The summed E-state index contributed by atoms with van der Waals surface area (Å²) in [5.41, 5.74) is 0.769. The predicted molar refractivity (Wildman–Crippen MR) is 70.0 cm³/mol. The van der Waals surface area contributed by atoms with E-state index in [1.54, 1.807) is 37.3 Å². The van der Waals surface area contributed by atoms with Crippen LogP contribution in [-0.4, -0.2) is 36.5 Å². The van der Waals surface area contributed by atoms with Gasteiger partial charge < -0.3 is 9.47 Å². The molecule has 0 radical (unpaired) electrons. The van der Waals surface area contributed by atoms with Crippen LogP contribution in [0.1, 0.15) is 17.3 Å². The maximum atomic E-state index is 10.7. The van der Waals surface area contributed by atoms with Crippen LogP contribution in [0, 0.1) is 0 Å². The van der Waals surface area contributed by atoms with Crippen molar-refractivity contribution in [3.8, 4) is 0 Å². The molecule has 0 spiro atoms. The van der Waals surface area contributed by atoms with Crippen molar-refractivity contribution in [2.24, 2.45) is 0 Å². The molecule has 6 heteroatoms. The van der Waals surface area contributed by atoms with E-state index < -0.39 is 5.97 Å². The molecule has 0 aliphatic carbocycles. The third-order valence-corrected chi connectivity index (χ3v) is 2.24. The molecule has 1 heterocycles. The first kappa shape index (κ1) is 15.9. The summed E-state index contributed by atoms with van der Waals surface area (Å²) >= 11 is 0. The number of esters is 1. The quantitative estimate of drug-likeness (QED) is 0.298. The predicted octanol–water partition coefficient (Wildman–Crippen LogP) is 1.82. The Balaban J connectivity index is 0.000000200. The molecule has 0 saturated carbocycles. The van der Waals surface area contributed by atoms with Crippen molar-refractivity contribution in [3.63, 3.8) is 0 Å². The van der Waals surface area contributed by atoms with Crippen LogP contribution < -0.4 is 0 Å². The molecule has 0 amide bonds. The third-order valence-electron chi connectivity index (χ3n) is 2.24. The van der Waals surface area contributed by atoms with E-state index in [0.29, 0.717) is 24.4 Å². The van der Waals surface area contributed by atoms with Gasteiger partial charge in [-0.2, -0.15) is 5.26 Å². The number of carbonyl (C=O) groups excluding carboxylic acids is 2. The van der Waals surface area contributed by atoms with Gasteiger partial charge in [-0.3, -0.25) is 4.89 Å². The lowest BCUT2D eigenvalue weighted by Crippen LogP contribution is -2.09. The minimum atomic E-state index is -0.736. The molecule has 0 bridgehead atoms. The second kappa shape index (κ2) is 8.08. The SMILES string of the molecule is C=C(C)C(=O)OCC1CO1.O=C(OO)c1ccccc1. The molecular formula is C14H16O6. The molecule has 6 nitrogen and oxygen atoms in total. The van der Waals surface area contributed by atoms with Crippen molar-refractivity contribution in [2.75, 3.05) is 13.2 Å². The standard InChI is InChI=1S/C7H10O3.C7H6O3/c1-5(2)7(8)10-4-6-3-9-6;8-7(10-9)6-4-2-1-3-5-6/h6H,1,3-4H2,2H3;1-5,9H. The molecule has 108 valence electrons. The number of hydrogen-bond donors (Lipinski definition) is 1. The molecular weight excluding hydrogens is 264 g/mol. The van der Waals surface area contributed by atoms with Gasteiger partial charge in [0, 0.05) is 5.57 Å². The van der Waals surface area contributed by atoms with Crippen LogP contribution in [0.25, 0.3) is 0 Å². The summed E-state index contributed by atoms with van der Waals surface area (Å²) < 4.78 is 9.60. The summed E-state index contributed by atoms with van der Waals surface area (Å²) in [6.07, 6.45) is 0.142. The summed E-state index contributed by atoms with van der Waals surface area (Å²) in [5, 5.41) is 7.94. The molecule has 1 aliphatic rings. The van der Waals surface area contributed by atoms with E-state index in [9.17, 15) is 9.59 Å². The summed E-state index contributed by atoms with van der Waals surface area (Å²) in [7, 11) is 0. The van der Waals surface area contributed by atoms with Gasteiger partial charge in [0.05, 0.1) is 12.2 Å². The maximum absolute atomic E-state index is 10.7. The summed E-state index contributed by atoms with van der Waals surface area (Å²) in [6, 6.07) is 8.25. The molecule has 0 aromatic heterocycles. The van der Waals surface area contributed by atoms with Gasteiger partial charge in [0.1, 0.15) is 12.7 Å². The van der Waals surface area contributed by atoms with E-state index in [-0.39, 0.29) is 12.1 Å². The van der Waals surface area contributed by atoms with Gasteiger partial charge in [-0.25, -0.2) is 9.59 Å². The third kappa shape index (κ3) is 6.12. The van der Waals surface area contributed by atoms with E-state index in [2.05, 4.69) is 11.5 Å². The molecule has 1 saturated heterocycles. The first-order valence-electron chi connectivity index (χ1n) is 5.89. The molecule has 1 N–H and O–H groups in total. The first-order chi connectivity index (χ1) is 9.54. The maximum Gasteiger partial charge on any atom is 0.372 e. The first-order valence-corrected chi connectivity index (χ1v) is 5.89. The number of epoxide rings is 1. The minimum absolute atomic E-state index is 0.142. The zero-order valence-corrected chi connectivity index (χ0v) is 11.1. The van der Waals surface area contributed by atoms with E-state index in [4.69, 9.17) is 14.7 Å². The number of ether oxygens (including phenoxy) is 2. The largest absolute Gasteiger partial charge is 0.459 e. The lowest BCUT2D eigenvalue weighted by molar-refractivity contribution is -0.182. The fourth-order valence-electron chi connectivity index (χ4n) is 1.08. The lowest BCUT2D eigenvalue weighted by Gasteiger charge is -1.99. The van der Waals surface area contributed by atoms with Crippen LogP contribution in [0.4, 0.5) is 0 Å². The number of carbonyl (C=O) groups is 2. The Bertz CT molecular complexity index is 464. The number of benzene rings is 1. The van der Waals surface area contributed by atoms with Crippen LogP contribution in [0.15, 0.2) is 42.5 Å². The highest BCUT2D eigenvalue weighted by atomic mass is 17.1. The van der Waals surface area contributed by atoms with Gasteiger partial charge in [-0.05, 0) is 19.1 Å². The Morgan fingerprint density at radius 2 is 2.00 bits per heavy atom. The molecule has 20 heavy (non-hydrogen) atoms. The van der Waals surface area contributed by atoms with E-state index >= 15 is 0 Å².